The highest BCUT2D eigenvalue weighted by Crippen LogP contribution is 2.28. The van der Waals surface area contributed by atoms with Crippen molar-refractivity contribution in [3.05, 3.63) is 35.4 Å². The summed E-state index contributed by atoms with van der Waals surface area (Å²) in [6, 6.07) is 8.88. The Bertz CT molecular complexity index is 456. The molecule has 1 aromatic carbocycles. The molecule has 0 saturated heterocycles. The monoisotopic (exact) mass is 319 g/mol. The van der Waals surface area contributed by atoms with E-state index in [1.54, 1.807) is 0 Å². The molecule has 1 atom stereocenters. The standard InChI is InChI=1S/C19H33N3O/c1-2-3-4-10-17(12-7-14-23)18-11-5-8-16(15-18)9-6-13-22-19(20)21/h5,8,11,15,17,23H,2-4,6-7,9-10,12-14H2,1H3,(H4,20,21,22). The van der Waals surface area contributed by atoms with E-state index in [2.05, 4.69) is 36.2 Å². The van der Waals surface area contributed by atoms with E-state index in [1.165, 1.54) is 36.8 Å². The SMILES string of the molecule is CCCCCC(CCCO)c1cccc(CCCN=C(N)N)c1. The van der Waals surface area contributed by atoms with Gasteiger partial charge in [0.05, 0.1) is 0 Å². The fourth-order valence-electron chi connectivity index (χ4n) is 2.95. The van der Waals surface area contributed by atoms with Gasteiger partial charge >= 0.3 is 0 Å². The number of unbranched alkanes of at least 4 members (excludes halogenated alkanes) is 2. The van der Waals surface area contributed by atoms with Crippen LogP contribution in [0.2, 0.25) is 0 Å². The van der Waals surface area contributed by atoms with Crippen molar-refractivity contribution in [3.8, 4) is 0 Å². The predicted molar refractivity (Wildman–Crippen MR) is 98.6 cm³/mol. The van der Waals surface area contributed by atoms with Gasteiger partial charge < -0.3 is 16.6 Å². The summed E-state index contributed by atoms with van der Waals surface area (Å²) < 4.78 is 0. The maximum absolute atomic E-state index is 9.14. The number of aliphatic hydroxyl groups excluding tert-OH is 1. The molecule has 1 rings (SSSR count). The van der Waals surface area contributed by atoms with Crippen molar-refractivity contribution in [1.82, 2.24) is 0 Å². The first kappa shape index (κ1) is 19.5. The van der Waals surface area contributed by atoms with Crippen LogP contribution >= 0.6 is 0 Å². The summed E-state index contributed by atoms with van der Waals surface area (Å²) in [6.07, 6.45) is 8.91. The summed E-state index contributed by atoms with van der Waals surface area (Å²) in [6.45, 7) is 3.19. The highest BCUT2D eigenvalue weighted by molar-refractivity contribution is 5.75. The van der Waals surface area contributed by atoms with E-state index in [9.17, 15) is 0 Å². The van der Waals surface area contributed by atoms with Gasteiger partial charge in [-0.25, -0.2) is 0 Å². The average Bonchev–Trinajstić information content (AvgIpc) is 2.55. The molecule has 1 aromatic rings. The lowest BCUT2D eigenvalue weighted by molar-refractivity contribution is 0.277. The fraction of sp³-hybridized carbons (Fsp3) is 0.632. The van der Waals surface area contributed by atoms with Crippen LogP contribution in [0.1, 0.15) is 68.9 Å². The van der Waals surface area contributed by atoms with Gasteiger partial charge in [0.1, 0.15) is 0 Å². The van der Waals surface area contributed by atoms with Gasteiger partial charge in [-0.05, 0) is 49.1 Å². The number of aliphatic hydroxyl groups is 1. The Morgan fingerprint density at radius 1 is 1.13 bits per heavy atom. The van der Waals surface area contributed by atoms with E-state index in [0.29, 0.717) is 12.5 Å². The number of nitrogens with two attached hydrogens (primary N) is 2. The van der Waals surface area contributed by atoms with Crippen molar-refractivity contribution < 1.29 is 5.11 Å². The van der Waals surface area contributed by atoms with Crippen LogP contribution in [-0.4, -0.2) is 24.2 Å². The number of hydrogen-bond donors (Lipinski definition) is 3. The molecule has 0 aliphatic carbocycles. The minimum atomic E-state index is 0.166. The van der Waals surface area contributed by atoms with Crippen LogP contribution in [-0.2, 0) is 6.42 Å². The molecule has 0 spiro atoms. The molecule has 0 aromatic heterocycles. The maximum Gasteiger partial charge on any atom is 0.185 e. The number of aliphatic imine (C=N–C) groups is 1. The fourth-order valence-corrected chi connectivity index (χ4v) is 2.95. The van der Waals surface area contributed by atoms with Gasteiger partial charge in [0.15, 0.2) is 5.96 Å². The van der Waals surface area contributed by atoms with Crippen molar-refractivity contribution in [2.45, 2.75) is 64.2 Å². The van der Waals surface area contributed by atoms with E-state index in [-0.39, 0.29) is 12.6 Å². The van der Waals surface area contributed by atoms with E-state index in [4.69, 9.17) is 16.6 Å². The van der Waals surface area contributed by atoms with Gasteiger partial charge in [-0.3, -0.25) is 4.99 Å². The summed E-state index contributed by atoms with van der Waals surface area (Å²) in [5.74, 6) is 0.727. The average molecular weight is 319 g/mol. The highest BCUT2D eigenvalue weighted by Gasteiger charge is 2.11. The lowest BCUT2D eigenvalue weighted by Crippen LogP contribution is -2.23. The molecule has 130 valence electrons. The first-order valence-electron chi connectivity index (χ1n) is 8.92. The van der Waals surface area contributed by atoms with Crippen molar-refractivity contribution >= 4 is 5.96 Å². The summed E-state index contributed by atoms with van der Waals surface area (Å²) >= 11 is 0. The van der Waals surface area contributed by atoms with Crippen LogP contribution in [0.4, 0.5) is 0 Å². The molecule has 5 N–H and O–H groups in total. The molecule has 0 bridgehead atoms. The summed E-state index contributed by atoms with van der Waals surface area (Å²) in [5.41, 5.74) is 13.5. The number of guanidine groups is 1. The van der Waals surface area contributed by atoms with E-state index >= 15 is 0 Å². The van der Waals surface area contributed by atoms with Gasteiger partial charge in [0.2, 0.25) is 0 Å². The zero-order valence-electron chi connectivity index (χ0n) is 14.5. The molecular weight excluding hydrogens is 286 g/mol. The normalized spacial score (nSPS) is 12.1. The summed E-state index contributed by atoms with van der Waals surface area (Å²) in [7, 11) is 0. The van der Waals surface area contributed by atoms with Crippen molar-refractivity contribution in [1.29, 1.82) is 0 Å². The second-order valence-corrected chi connectivity index (χ2v) is 6.21. The lowest BCUT2D eigenvalue weighted by atomic mass is 9.88. The van der Waals surface area contributed by atoms with Crippen molar-refractivity contribution in [2.75, 3.05) is 13.2 Å². The van der Waals surface area contributed by atoms with Gasteiger partial charge in [0, 0.05) is 13.2 Å². The first-order chi connectivity index (χ1) is 11.2. The van der Waals surface area contributed by atoms with E-state index in [1.807, 2.05) is 0 Å². The van der Waals surface area contributed by atoms with Gasteiger partial charge in [-0.2, -0.15) is 0 Å². The minimum Gasteiger partial charge on any atom is -0.396 e. The third-order valence-corrected chi connectivity index (χ3v) is 4.21. The van der Waals surface area contributed by atoms with E-state index < -0.39 is 0 Å². The Morgan fingerprint density at radius 2 is 1.91 bits per heavy atom. The third kappa shape index (κ3) is 8.60. The Morgan fingerprint density at radius 3 is 2.61 bits per heavy atom. The Kier molecular flexibility index (Phi) is 10.1. The Hall–Kier alpha value is -1.55. The zero-order chi connectivity index (χ0) is 16.9. The second-order valence-electron chi connectivity index (χ2n) is 6.21. The lowest BCUT2D eigenvalue weighted by Gasteiger charge is -2.18. The molecule has 0 radical (unpaired) electrons. The molecule has 0 aliphatic rings. The number of aryl methyl sites for hydroxylation is 1. The number of hydrogen-bond acceptors (Lipinski definition) is 2. The van der Waals surface area contributed by atoms with E-state index in [0.717, 1.165) is 25.7 Å². The van der Waals surface area contributed by atoms with Crippen molar-refractivity contribution in [2.24, 2.45) is 16.5 Å². The number of nitrogens with zero attached hydrogens (tertiary/aromatic N) is 1. The van der Waals surface area contributed by atoms with Gasteiger partial charge in [-0.15, -0.1) is 0 Å². The Balaban J connectivity index is 2.62. The minimum absolute atomic E-state index is 0.166. The van der Waals surface area contributed by atoms with Crippen LogP contribution in [0.15, 0.2) is 29.3 Å². The molecule has 4 heteroatoms. The molecule has 0 amide bonds. The van der Waals surface area contributed by atoms with Crippen LogP contribution in [0.5, 0.6) is 0 Å². The Labute approximate surface area is 141 Å². The topological polar surface area (TPSA) is 84.6 Å². The van der Waals surface area contributed by atoms with Crippen LogP contribution < -0.4 is 11.5 Å². The summed E-state index contributed by atoms with van der Waals surface area (Å²) in [5, 5.41) is 9.14. The highest BCUT2D eigenvalue weighted by atomic mass is 16.2. The molecule has 0 fully saturated rings. The molecule has 1 unspecified atom stereocenters. The third-order valence-electron chi connectivity index (χ3n) is 4.21. The molecule has 0 saturated carbocycles. The van der Waals surface area contributed by atoms with Crippen LogP contribution in [0.25, 0.3) is 0 Å². The summed E-state index contributed by atoms with van der Waals surface area (Å²) in [4.78, 5) is 4.03. The smallest absolute Gasteiger partial charge is 0.185 e. The second kappa shape index (κ2) is 11.9. The number of rotatable bonds is 12. The molecule has 23 heavy (non-hydrogen) atoms. The molecule has 0 aliphatic heterocycles. The maximum atomic E-state index is 9.14. The largest absolute Gasteiger partial charge is 0.396 e. The number of benzene rings is 1. The molecule has 0 heterocycles. The molecule has 4 nitrogen and oxygen atoms in total. The molecular formula is C19H33N3O. The van der Waals surface area contributed by atoms with Crippen molar-refractivity contribution in [3.63, 3.8) is 0 Å². The van der Waals surface area contributed by atoms with Crippen LogP contribution in [0, 0.1) is 0 Å². The van der Waals surface area contributed by atoms with Gasteiger partial charge in [0.25, 0.3) is 0 Å². The van der Waals surface area contributed by atoms with Gasteiger partial charge in [-0.1, -0.05) is 50.5 Å². The van der Waals surface area contributed by atoms with Crippen LogP contribution in [0.3, 0.4) is 0 Å². The first-order valence-corrected chi connectivity index (χ1v) is 8.92. The quantitative estimate of drug-likeness (QED) is 0.314. The zero-order valence-corrected chi connectivity index (χ0v) is 14.5. The predicted octanol–water partition coefficient (Wildman–Crippen LogP) is 3.33.